The fourth-order valence-electron chi connectivity index (χ4n) is 1.18. The molecule has 0 heterocycles. The van der Waals surface area contributed by atoms with Crippen molar-refractivity contribution in [2.45, 2.75) is 6.42 Å². The summed E-state index contributed by atoms with van der Waals surface area (Å²) in [6, 6.07) is 5.78. The van der Waals surface area contributed by atoms with Crippen molar-refractivity contribution in [1.82, 2.24) is 0 Å². The molecule has 0 saturated heterocycles. The minimum absolute atomic E-state index is 0.250. The van der Waals surface area contributed by atoms with Gasteiger partial charge in [0.05, 0.1) is 14.2 Å². The first-order valence-corrected chi connectivity index (χ1v) is 4.71. The van der Waals surface area contributed by atoms with E-state index in [4.69, 9.17) is 25.1 Å². The average molecular weight is 227 g/mol. The third-order valence-electron chi connectivity index (χ3n) is 1.84. The second-order valence-corrected chi connectivity index (χ2v) is 2.86. The maximum Gasteiger partial charge on any atom is 0.290 e. The predicted octanol–water partition coefficient (Wildman–Crippen LogP) is 0.906. The molecule has 0 aliphatic rings. The molecular weight excluding hydrogens is 210 g/mol. The van der Waals surface area contributed by atoms with Gasteiger partial charge in [0, 0.05) is 6.07 Å². The Balaban J connectivity index is 0.000000673. The van der Waals surface area contributed by atoms with Crippen LogP contribution in [0.3, 0.4) is 0 Å². The molecule has 90 valence electrons. The highest BCUT2D eigenvalue weighted by Crippen LogP contribution is 2.22. The Bertz CT molecular complexity index is 293. The second kappa shape index (κ2) is 8.55. The summed E-state index contributed by atoms with van der Waals surface area (Å²) in [5.41, 5.74) is 6.60. The fraction of sp³-hybridized carbons (Fsp3) is 0.364. The van der Waals surface area contributed by atoms with Gasteiger partial charge in [0.2, 0.25) is 0 Å². The molecule has 0 aliphatic carbocycles. The maximum absolute atomic E-state index is 8.36. The molecule has 5 nitrogen and oxygen atoms in total. The number of rotatable bonds is 4. The van der Waals surface area contributed by atoms with Gasteiger partial charge < -0.3 is 20.3 Å². The molecule has 0 atom stereocenters. The van der Waals surface area contributed by atoms with Crippen molar-refractivity contribution in [3.05, 3.63) is 23.8 Å². The SMILES string of the molecule is COc1cc(CCN)cc(OC)c1.O=CO. The quantitative estimate of drug-likeness (QED) is 0.747. The van der Waals surface area contributed by atoms with E-state index in [1.54, 1.807) is 14.2 Å². The lowest BCUT2D eigenvalue weighted by atomic mass is 10.1. The zero-order chi connectivity index (χ0) is 12.4. The molecule has 0 aliphatic heterocycles. The fourth-order valence-corrected chi connectivity index (χ4v) is 1.18. The third-order valence-corrected chi connectivity index (χ3v) is 1.84. The normalized spacial score (nSPS) is 8.69. The Morgan fingerprint density at radius 3 is 2.00 bits per heavy atom. The molecule has 3 N–H and O–H groups in total. The van der Waals surface area contributed by atoms with E-state index in [-0.39, 0.29) is 6.47 Å². The molecule has 0 radical (unpaired) electrons. The molecule has 1 rings (SSSR count). The van der Waals surface area contributed by atoms with Crippen LogP contribution in [-0.4, -0.2) is 32.3 Å². The number of methoxy groups -OCH3 is 2. The minimum Gasteiger partial charge on any atom is -0.497 e. The lowest BCUT2D eigenvalue weighted by Gasteiger charge is -2.07. The number of ether oxygens (including phenoxy) is 2. The van der Waals surface area contributed by atoms with Crippen LogP contribution >= 0.6 is 0 Å². The average Bonchev–Trinajstić information content (AvgIpc) is 2.30. The molecule has 1 aromatic rings. The van der Waals surface area contributed by atoms with Crippen LogP contribution < -0.4 is 15.2 Å². The van der Waals surface area contributed by atoms with Gasteiger partial charge in [-0.15, -0.1) is 0 Å². The molecule has 5 heteroatoms. The summed E-state index contributed by atoms with van der Waals surface area (Å²) in [4.78, 5) is 8.36. The van der Waals surface area contributed by atoms with Crippen LogP contribution in [0.15, 0.2) is 18.2 Å². The van der Waals surface area contributed by atoms with Crippen LogP contribution in [-0.2, 0) is 11.2 Å². The Kier molecular flexibility index (Phi) is 7.61. The van der Waals surface area contributed by atoms with E-state index < -0.39 is 0 Å². The van der Waals surface area contributed by atoms with Crippen LogP contribution in [0.1, 0.15) is 5.56 Å². The molecule has 0 unspecified atom stereocenters. The summed E-state index contributed by atoms with van der Waals surface area (Å²) in [5, 5.41) is 6.89. The third kappa shape index (κ3) is 5.21. The van der Waals surface area contributed by atoms with Crippen molar-refractivity contribution >= 4 is 6.47 Å². The van der Waals surface area contributed by atoms with E-state index in [0.29, 0.717) is 6.54 Å². The molecule has 0 aromatic heterocycles. The van der Waals surface area contributed by atoms with Crippen molar-refractivity contribution in [1.29, 1.82) is 0 Å². The Hall–Kier alpha value is -1.75. The highest BCUT2D eigenvalue weighted by atomic mass is 16.5. The first kappa shape index (κ1) is 14.2. The number of hydrogen-bond donors (Lipinski definition) is 2. The van der Waals surface area contributed by atoms with Crippen LogP contribution in [0.2, 0.25) is 0 Å². The zero-order valence-corrected chi connectivity index (χ0v) is 9.47. The van der Waals surface area contributed by atoms with Gasteiger partial charge in [0.25, 0.3) is 6.47 Å². The summed E-state index contributed by atoms with van der Waals surface area (Å²) in [7, 11) is 3.28. The van der Waals surface area contributed by atoms with Crippen molar-refractivity contribution < 1.29 is 19.4 Å². The molecule has 0 saturated carbocycles. The second-order valence-electron chi connectivity index (χ2n) is 2.86. The predicted molar refractivity (Wildman–Crippen MR) is 61.0 cm³/mol. The van der Waals surface area contributed by atoms with Crippen molar-refractivity contribution in [2.75, 3.05) is 20.8 Å². The number of benzene rings is 1. The lowest BCUT2D eigenvalue weighted by Crippen LogP contribution is -2.03. The van der Waals surface area contributed by atoms with Crippen LogP contribution in [0.5, 0.6) is 11.5 Å². The highest BCUT2D eigenvalue weighted by molar-refractivity contribution is 5.38. The Labute approximate surface area is 94.8 Å². The highest BCUT2D eigenvalue weighted by Gasteiger charge is 2.00. The first-order chi connectivity index (χ1) is 7.71. The van der Waals surface area contributed by atoms with Gasteiger partial charge >= 0.3 is 0 Å². The lowest BCUT2D eigenvalue weighted by molar-refractivity contribution is -0.122. The molecule has 0 fully saturated rings. The van der Waals surface area contributed by atoms with E-state index in [1.165, 1.54) is 0 Å². The van der Waals surface area contributed by atoms with Gasteiger partial charge in [-0.3, -0.25) is 4.79 Å². The number of carbonyl (C=O) groups is 1. The van der Waals surface area contributed by atoms with Crippen molar-refractivity contribution in [3.8, 4) is 11.5 Å². The smallest absolute Gasteiger partial charge is 0.290 e. The summed E-state index contributed by atoms with van der Waals surface area (Å²) >= 11 is 0. The number of carboxylic acid groups (broad SMARTS) is 1. The molecule has 0 bridgehead atoms. The van der Waals surface area contributed by atoms with Crippen LogP contribution in [0.25, 0.3) is 0 Å². The minimum atomic E-state index is -0.250. The van der Waals surface area contributed by atoms with E-state index in [9.17, 15) is 0 Å². The van der Waals surface area contributed by atoms with Gasteiger partial charge in [-0.1, -0.05) is 0 Å². The van der Waals surface area contributed by atoms with E-state index in [0.717, 1.165) is 23.5 Å². The molecule has 0 spiro atoms. The summed E-state index contributed by atoms with van der Waals surface area (Å²) < 4.78 is 10.2. The van der Waals surface area contributed by atoms with Crippen LogP contribution in [0, 0.1) is 0 Å². The molecule has 16 heavy (non-hydrogen) atoms. The summed E-state index contributed by atoms with van der Waals surface area (Å²) in [5.74, 6) is 1.62. The first-order valence-electron chi connectivity index (χ1n) is 4.71. The van der Waals surface area contributed by atoms with Gasteiger partial charge in [-0.2, -0.15) is 0 Å². The van der Waals surface area contributed by atoms with Crippen LogP contribution in [0.4, 0.5) is 0 Å². The molecular formula is C11H17NO4. The zero-order valence-electron chi connectivity index (χ0n) is 9.47. The summed E-state index contributed by atoms with van der Waals surface area (Å²) in [6.07, 6.45) is 0.841. The summed E-state index contributed by atoms with van der Waals surface area (Å²) in [6.45, 7) is 0.385. The Morgan fingerprint density at radius 1 is 1.25 bits per heavy atom. The van der Waals surface area contributed by atoms with E-state index in [2.05, 4.69) is 0 Å². The molecule has 1 aromatic carbocycles. The standard InChI is InChI=1S/C10H15NO2.CH2O2/c1-12-9-5-8(3-4-11)6-10(7-9)13-2;2-1-3/h5-7H,3-4,11H2,1-2H3;1H,(H,2,3). The Morgan fingerprint density at radius 2 is 1.69 bits per heavy atom. The van der Waals surface area contributed by atoms with E-state index >= 15 is 0 Å². The topological polar surface area (TPSA) is 81.8 Å². The van der Waals surface area contributed by atoms with Gasteiger partial charge in [-0.05, 0) is 30.7 Å². The van der Waals surface area contributed by atoms with Gasteiger partial charge in [0.1, 0.15) is 11.5 Å². The van der Waals surface area contributed by atoms with Crippen molar-refractivity contribution in [3.63, 3.8) is 0 Å². The largest absolute Gasteiger partial charge is 0.497 e. The van der Waals surface area contributed by atoms with E-state index in [1.807, 2.05) is 18.2 Å². The monoisotopic (exact) mass is 227 g/mol. The number of nitrogens with two attached hydrogens (primary N) is 1. The maximum atomic E-state index is 8.36. The number of hydrogen-bond acceptors (Lipinski definition) is 4. The van der Waals surface area contributed by atoms with Gasteiger partial charge in [0.15, 0.2) is 0 Å². The van der Waals surface area contributed by atoms with Crippen molar-refractivity contribution in [2.24, 2.45) is 5.73 Å². The molecule has 0 amide bonds. The van der Waals surface area contributed by atoms with Gasteiger partial charge in [-0.25, -0.2) is 0 Å².